The Bertz CT molecular complexity index is 595. The zero-order valence-corrected chi connectivity index (χ0v) is 11.9. The topological polar surface area (TPSA) is 51.4 Å². The monoisotopic (exact) mass is 271 g/mol. The number of nitrogens with two attached hydrogens (primary N) is 1. The quantitative estimate of drug-likeness (QED) is 0.648. The number of ether oxygens (including phenoxy) is 1. The Kier molecular flexibility index (Phi) is 3.74. The number of nitrogen functional groups attached to an aromatic ring is 1. The Morgan fingerprint density at radius 2 is 2.20 bits per heavy atom. The van der Waals surface area contributed by atoms with Gasteiger partial charge in [0.25, 0.3) is 0 Å². The number of fused-ring (bicyclic) bond motifs is 1. The molecule has 106 valence electrons. The second kappa shape index (κ2) is 5.67. The van der Waals surface area contributed by atoms with E-state index >= 15 is 0 Å². The van der Waals surface area contributed by atoms with Gasteiger partial charge in [-0.25, -0.2) is 0 Å². The first-order chi connectivity index (χ1) is 9.75. The number of anilines is 2. The van der Waals surface area contributed by atoms with Crippen LogP contribution in [0, 0.1) is 5.92 Å². The van der Waals surface area contributed by atoms with Crippen molar-refractivity contribution < 1.29 is 4.74 Å². The van der Waals surface area contributed by atoms with Gasteiger partial charge in [-0.2, -0.15) is 0 Å². The minimum Gasteiger partial charge on any atom is -0.397 e. The van der Waals surface area contributed by atoms with Gasteiger partial charge in [0.05, 0.1) is 17.8 Å². The molecule has 1 aromatic heterocycles. The number of pyridine rings is 1. The van der Waals surface area contributed by atoms with Gasteiger partial charge in [0.2, 0.25) is 0 Å². The molecule has 0 saturated heterocycles. The Hall–Kier alpha value is -1.81. The van der Waals surface area contributed by atoms with Crippen LogP contribution in [0.4, 0.5) is 11.4 Å². The van der Waals surface area contributed by atoms with Gasteiger partial charge >= 0.3 is 0 Å². The molecule has 3 rings (SSSR count). The molecule has 4 nitrogen and oxygen atoms in total. The molecule has 4 heteroatoms. The average molecular weight is 271 g/mol. The second-order valence-corrected chi connectivity index (χ2v) is 5.51. The number of benzene rings is 1. The minimum absolute atomic E-state index is 0.725. The van der Waals surface area contributed by atoms with Gasteiger partial charge in [-0.15, -0.1) is 0 Å². The van der Waals surface area contributed by atoms with E-state index < -0.39 is 0 Å². The molecule has 1 aromatic carbocycles. The van der Waals surface area contributed by atoms with E-state index in [1.807, 2.05) is 24.4 Å². The van der Waals surface area contributed by atoms with E-state index in [1.54, 1.807) is 0 Å². The highest BCUT2D eigenvalue weighted by Crippen LogP contribution is 2.29. The maximum Gasteiger partial charge on any atom is 0.0951 e. The molecule has 0 bridgehead atoms. The van der Waals surface area contributed by atoms with E-state index in [4.69, 9.17) is 10.5 Å². The standard InChI is InChI=1S/C16H21N3O/c1-19(9-10-20-11-12-5-6-12)15-7-8-18-16-13(15)3-2-4-14(16)17/h2-4,7-8,12H,5-6,9-11,17H2,1H3. The summed E-state index contributed by atoms with van der Waals surface area (Å²) in [6.07, 6.45) is 4.49. The molecule has 0 amide bonds. The van der Waals surface area contributed by atoms with Crippen LogP contribution in [-0.4, -0.2) is 31.8 Å². The highest BCUT2D eigenvalue weighted by Gasteiger charge is 2.21. The molecule has 1 heterocycles. The lowest BCUT2D eigenvalue weighted by Crippen LogP contribution is -2.23. The maximum absolute atomic E-state index is 5.98. The summed E-state index contributed by atoms with van der Waals surface area (Å²) in [5.74, 6) is 0.821. The number of para-hydroxylation sites is 1. The van der Waals surface area contributed by atoms with E-state index in [9.17, 15) is 0 Å². The van der Waals surface area contributed by atoms with Crippen LogP contribution in [0.1, 0.15) is 12.8 Å². The van der Waals surface area contributed by atoms with Gasteiger partial charge in [0.1, 0.15) is 0 Å². The van der Waals surface area contributed by atoms with Gasteiger partial charge in [-0.3, -0.25) is 4.98 Å². The number of aromatic nitrogens is 1. The summed E-state index contributed by atoms with van der Waals surface area (Å²) in [4.78, 5) is 6.57. The Labute approximate surface area is 119 Å². The Morgan fingerprint density at radius 1 is 1.35 bits per heavy atom. The summed E-state index contributed by atoms with van der Waals surface area (Å²) in [5, 5.41) is 1.09. The lowest BCUT2D eigenvalue weighted by molar-refractivity contribution is 0.131. The van der Waals surface area contributed by atoms with Crippen LogP contribution in [0.15, 0.2) is 30.5 Å². The van der Waals surface area contributed by atoms with Crippen molar-refractivity contribution >= 4 is 22.3 Å². The third-order valence-electron chi connectivity index (χ3n) is 3.81. The molecule has 1 saturated carbocycles. The first-order valence-corrected chi connectivity index (χ1v) is 7.18. The van der Waals surface area contributed by atoms with Crippen molar-refractivity contribution in [2.45, 2.75) is 12.8 Å². The second-order valence-electron chi connectivity index (χ2n) is 5.51. The zero-order chi connectivity index (χ0) is 13.9. The van der Waals surface area contributed by atoms with Crippen molar-refractivity contribution in [2.75, 3.05) is 37.4 Å². The van der Waals surface area contributed by atoms with Crippen molar-refractivity contribution in [3.05, 3.63) is 30.5 Å². The van der Waals surface area contributed by atoms with Crippen molar-refractivity contribution in [1.82, 2.24) is 4.98 Å². The summed E-state index contributed by atoms with van der Waals surface area (Å²) in [7, 11) is 2.08. The molecule has 1 aliphatic carbocycles. The molecular formula is C16H21N3O. The van der Waals surface area contributed by atoms with Crippen LogP contribution in [0.5, 0.6) is 0 Å². The highest BCUT2D eigenvalue weighted by atomic mass is 16.5. The largest absolute Gasteiger partial charge is 0.397 e. The van der Waals surface area contributed by atoms with Crippen LogP contribution >= 0.6 is 0 Å². The van der Waals surface area contributed by atoms with Crippen LogP contribution in [-0.2, 0) is 4.74 Å². The fraction of sp³-hybridized carbons (Fsp3) is 0.438. The summed E-state index contributed by atoms with van der Waals surface area (Å²) in [6.45, 7) is 2.55. The zero-order valence-electron chi connectivity index (χ0n) is 11.9. The molecular weight excluding hydrogens is 250 g/mol. The first-order valence-electron chi connectivity index (χ1n) is 7.18. The number of hydrogen-bond acceptors (Lipinski definition) is 4. The lowest BCUT2D eigenvalue weighted by atomic mass is 10.1. The van der Waals surface area contributed by atoms with Gasteiger partial charge in [0, 0.05) is 37.5 Å². The summed E-state index contributed by atoms with van der Waals surface area (Å²) >= 11 is 0. The maximum atomic E-state index is 5.98. The molecule has 2 N–H and O–H groups in total. The number of hydrogen-bond donors (Lipinski definition) is 1. The molecule has 1 aliphatic rings. The average Bonchev–Trinajstić information content (AvgIpc) is 3.27. The van der Waals surface area contributed by atoms with Crippen LogP contribution in [0.25, 0.3) is 10.9 Å². The van der Waals surface area contributed by atoms with E-state index in [0.717, 1.165) is 48.0 Å². The van der Waals surface area contributed by atoms with E-state index in [0.29, 0.717) is 0 Å². The molecule has 1 fully saturated rings. The summed E-state index contributed by atoms with van der Waals surface area (Å²) < 4.78 is 5.70. The fourth-order valence-corrected chi connectivity index (χ4v) is 2.37. The normalized spacial score (nSPS) is 14.7. The first kappa shape index (κ1) is 13.2. The third kappa shape index (κ3) is 2.85. The van der Waals surface area contributed by atoms with Crippen molar-refractivity contribution in [3.63, 3.8) is 0 Å². The molecule has 0 atom stereocenters. The van der Waals surface area contributed by atoms with E-state index in [-0.39, 0.29) is 0 Å². The molecule has 2 aromatic rings. The Morgan fingerprint density at radius 3 is 3.00 bits per heavy atom. The van der Waals surface area contributed by atoms with Crippen LogP contribution < -0.4 is 10.6 Å². The van der Waals surface area contributed by atoms with Gasteiger partial charge in [-0.05, 0) is 30.9 Å². The number of rotatable bonds is 6. The summed E-state index contributed by atoms with van der Waals surface area (Å²) in [6, 6.07) is 7.95. The van der Waals surface area contributed by atoms with Gasteiger partial charge in [-0.1, -0.05) is 12.1 Å². The van der Waals surface area contributed by atoms with E-state index in [2.05, 4.69) is 23.0 Å². The van der Waals surface area contributed by atoms with E-state index in [1.165, 1.54) is 12.8 Å². The molecule has 0 radical (unpaired) electrons. The van der Waals surface area contributed by atoms with Crippen molar-refractivity contribution in [1.29, 1.82) is 0 Å². The molecule has 0 aliphatic heterocycles. The summed E-state index contributed by atoms with van der Waals surface area (Å²) in [5.41, 5.74) is 8.73. The molecule has 0 unspecified atom stereocenters. The van der Waals surface area contributed by atoms with Crippen LogP contribution in [0.3, 0.4) is 0 Å². The third-order valence-corrected chi connectivity index (χ3v) is 3.81. The SMILES string of the molecule is CN(CCOCC1CC1)c1ccnc2c(N)cccc12. The predicted molar refractivity (Wildman–Crippen MR) is 83.0 cm³/mol. The predicted octanol–water partition coefficient (Wildman–Crippen LogP) is 2.68. The van der Waals surface area contributed by atoms with Gasteiger partial charge in [0.15, 0.2) is 0 Å². The minimum atomic E-state index is 0.725. The van der Waals surface area contributed by atoms with Crippen LogP contribution in [0.2, 0.25) is 0 Å². The fourth-order valence-electron chi connectivity index (χ4n) is 2.37. The highest BCUT2D eigenvalue weighted by molar-refractivity contribution is 5.97. The smallest absolute Gasteiger partial charge is 0.0951 e. The number of likely N-dealkylation sites (N-methyl/N-ethyl adjacent to an activating group) is 1. The van der Waals surface area contributed by atoms with Crippen molar-refractivity contribution in [2.24, 2.45) is 5.92 Å². The van der Waals surface area contributed by atoms with Gasteiger partial charge < -0.3 is 15.4 Å². The van der Waals surface area contributed by atoms with Crippen molar-refractivity contribution in [3.8, 4) is 0 Å². The molecule has 20 heavy (non-hydrogen) atoms. The number of nitrogens with zero attached hydrogens (tertiary/aromatic N) is 2. The Balaban J connectivity index is 1.70. The molecule has 0 spiro atoms. The lowest BCUT2D eigenvalue weighted by Gasteiger charge is -2.21.